The van der Waals surface area contributed by atoms with Crippen molar-refractivity contribution < 1.29 is 4.79 Å². The summed E-state index contributed by atoms with van der Waals surface area (Å²) in [5, 5.41) is 0. The van der Waals surface area contributed by atoms with Gasteiger partial charge in [0, 0.05) is 4.88 Å². The molecule has 1 atom stereocenters. The molecule has 0 radical (unpaired) electrons. The first kappa shape index (κ1) is 15.7. The molecule has 112 valence electrons. The molecule has 0 saturated carbocycles. The minimum absolute atomic E-state index is 0.309. The largest absolute Gasteiger partial charge is 0.296 e. The maximum atomic E-state index is 12.3. The van der Waals surface area contributed by atoms with Crippen LogP contribution in [-0.2, 0) is 6.42 Å². The van der Waals surface area contributed by atoms with E-state index < -0.39 is 0 Å². The van der Waals surface area contributed by atoms with Crippen LogP contribution in [0.2, 0.25) is 0 Å². The Morgan fingerprint density at radius 2 is 2.15 bits per heavy atom. The Labute approximate surface area is 127 Å². The van der Waals surface area contributed by atoms with Crippen LogP contribution in [0.5, 0.6) is 0 Å². The van der Waals surface area contributed by atoms with Gasteiger partial charge in [-0.1, -0.05) is 26.7 Å². The lowest BCUT2D eigenvalue weighted by atomic mass is 9.96. The molecule has 0 amide bonds. The van der Waals surface area contributed by atoms with Crippen molar-refractivity contribution in [2.24, 2.45) is 5.92 Å². The molecule has 0 aromatic carbocycles. The van der Waals surface area contributed by atoms with E-state index >= 15 is 0 Å². The molecule has 20 heavy (non-hydrogen) atoms. The number of aryl methyl sites for hydroxylation is 1. The second kappa shape index (κ2) is 7.94. The first-order valence-corrected chi connectivity index (χ1v) is 8.88. The molecule has 1 unspecified atom stereocenters. The van der Waals surface area contributed by atoms with Crippen LogP contribution >= 0.6 is 11.3 Å². The Balaban J connectivity index is 1.85. The summed E-state index contributed by atoms with van der Waals surface area (Å²) in [6, 6.07) is 4.10. The first-order valence-electron chi connectivity index (χ1n) is 8.07. The SMILES string of the molecule is CCCC1CCCN(CC(=O)c2ccc(CC)s2)CC1. The van der Waals surface area contributed by atoms with Gasteiger partial charge < -0.3 is 0 Å². The Morgan fingerprint density at radius 3 is 2.85 bits per heavy atom. The monoisotopic (exact) mass is 293 g/mol. The summed E-state index contributed by atoms with van der Waals surface area (Å²) in [6.07, 6.45) is 7.54. The minimum Gasteiger partial charge on any atom is -0.296 e. The Hall–Kier alpha value is -0.670. The fourth-order valence-corrected chi connectivity index (χ4v) is 3.96. The summed E-state index contributed by atoms with van der Waals surface area (Å²) in [5.41, 5.74) is 0. The lowest BCUT2D eigenvalue weighted by molar-refractivity contribution is 0.0936. The molecule has 2 heterocycles. The van der Waals surface area contributed by atoms with Crippen molar-refractivity contribution in [2.45, 2.75) is 52.4 Å². The van der Waals surface area contributed by atoms with Gasteiger partial charge in [-0.2, -0.15) is 0 Å². The fraction of sp³-hybridized carbons (Fsp3) is 0.706. The predicted molar refractivity (Wildman–Crippen MR) is 86.7 cm³/mol. The van der Waals surface area contributed by atoms with Gasteiger partial charge in [-0.15, -0.1) is 11.3 Å². The van der Waals surface area contributed by atoms with Gasteiger partial charge in [-0.05, 0) is 56.8 Å². The van der Waals surface area contributed by atoms with Crippen LogP contribution in [-0.4, -0.2) is 30.3 Å². The van der Waals surface area contributed by atoms with Gasteiger partial charge in [-0.3, -0.25) is 9.69 Å². The number of nitrogens with zero attached hydrogens (tertiary/aromatic N) is 1. The number of carbonyl (C=O) groups excluding carboxylic acids is 1. The highest BCUT2D eigenvalue weighted by Gasteiger charge is 2.19. The average molecular weight is 293 g/mol. The summed E-state index contributed by atoms with van der Waals surface area (Å²) >= 11 is 1.67. The van der Waals surface area contributed by atoms with Crippen LogP contribution in [0.15, 0.2) is 12.1 Å². The molecule has 0 bridgehead atoms. The zero-order chi connectivity index (χ0) is 14.4. The molecule has 1 aliphatic rings. The van der Waals surface area contributed by atoms with Crippen molar-refractivity contribution >= 4 is 17.1 Å². The zero-order valence-electron chi connectivity index (χ0n) is 12.9. The highest BCUT2D eigenvalue weighted by Crippen LogP contribution is 2.23. The van der Waals surface area contributed by atoms with Crippen LogP contribution in [0.4, 0.5) is 0 Å². The van der Waals surface area contributed by atoms with Crippen molar-refractivity contribution in [1.29, 1.82) is 0 Å². The molecule has 0 spiro atoms. The quantitative estimate of drug-likeness (QED) is 0.725. The van der Waals surface area contributed by atoms with Crippen LogP contribution in [0.1, 0.15) is 60.5 Å². The Morgan fingerprint density at radius 1 is 1.30 bits per heavy atom. The van der Waals surface area contributed by atoms with E-state index in [2.05, 4.69) is 24.8 Å². The van der Waals surface area contributed by atoms with Gasteiger partial charge in [0.05, 0.1) is 11.4 Å². The van der Waals surface area contributed by atoms with E-state index in [-0.39, 0.29) is 0 Å². The van der Waals surface area contributed by atoms with Crippen LogP contribution in [0.25, 0.3) is 0 Å². The Kier molecular flexibility index (Phi) is 6.24. The number of ketones is 1. The number of Topliss-reactive ketones (excluding diaryl/α,β-unsaturated/α-hetero) is 1. The van der Waals surface area contributed by atoms with Gasteiger partial charge in [-0.25, -0.2) is 0 Å². The third-order valence-corrected chi connectivity index (χ3v) is 5.56. The minimum atomic E-state index is 0.309. The van der Waals surface area contributed by atoms with Gasteiger partial charge in [0.15, 0.2) is 5.78 Å². The molecule has 1 fully saturated rings. The molecular formula is C17H27NOS. The predicted octanol–water partition coefficient (Wildman–Crippen LogP) is 4.40. The highest BCUT2D eigenvalue weighted by atomic mass is 32.1. The lowest BCUT2D eigenvalue weighted by Gasteiger charge is -2.18. The van der Waals surface area contributed by atoms with E-state index in [1.165, 1.54) is 37.0 Å². The van der Waals surface area contributed by atoms with Crippen LogP contribution in [0.3, 0.4) is 0 Å². The average Bonchev–Trinajstić information content (AvgIpc) is 2.83. The number of hydrogen-bond acceptors (Lipinski definition) is 3. The smallest absolute Gasteiger partial charge is 0.186 e. The molecule has 2 rings (SSSR count). The standard InChI is InChI=1S/C17H27NOS/c1-3-6-14-7-5-11-18(12-10-14)13-16(19)17-9-8-15(4-2)20-17/h8-9,14H,3-7,10-13H2,1-2H3. The van der Waals surface area contributed by atoms with Crippen molar-refractivity contribution in [3.05, 3.63) is 21.9 Å². The number of hydrogen-bond donors (Lipinski definition) is 0. The molecular weight excluding hydrogens is 266 g/mol. The summed E-state index contributed by atoms with van der Waals surface area (Å²) in [6.45, 7) is 7.22. The van der Waals surface area contributed by atoms with E-state index in [1.807, 2.05) is 6.07 Å². The van der Waals surface area contributed by atoms with Crippen molar-refractivity contribution in [1.82, 2.24) is 4.90 Å². The van der Waals surface area contributed by atoms with Gasteiger partial charge in [0.2, 0.25) is 0 Å². The number of rotatable bonds is 6. The molecule has 1 aromatic heterocycles. The van der Waals surface area contributed by atoms with Crippen molar-refractivity contribution in [2.75, 3.05) is 19.6 Å². The van der Waals surface area contributed by atoms with Crippen LogP contribution < -0.4 is 0 Å². The molecule has 1 saturated heterocycles. The molecule has 0 aliphatic carbocycles. The number of thiophene rings is 1. The Bertz CT molecular complexity index is 426. The zero-order valence-corrected chi connectivity index (χ0v) is 13.7. The highest BCUT2D eigenvalue weighted by molar-refractivity contribution is 7.14. The molecule has 2 nitrogen and oxygen atoms in total. The maximum absolute atomic E-state index is 12.3. The summed E-state index contributed by atoms with van der Waals surface area (Å²) in [7, 11) is 0. The molecule has 1 aromatic rings. The second-order valence-corrected chi connectivity index (χ2v) is 7.07. The van der Waals surface area contributed by atoms with E-state index in [0.717, 1.165) is 30.3 Å². The summed E-state index contributed by atoms with van der Waals surface area (Å²) in [4.78, 5) is 16.9. The number of carbonyl (C=O) groups is 1. The second-order valence-electron chi connectivity index (χ2n) is 5.90. The maximum Gasteiger partial charge on any atom is 0.186 e. The molecule has 0 N–H and O–H groups in total. The van der Waals surface area contributed by atoms with Gasteiger partial charge >= 0.3 is 0 Å². The first-order chi connectivity index (χ1) is 9.72. The number of likely N-dealkylation sites (tertiary alicyclic amines) is 1. The fourth-order valence-electron chi connectivity index (χ4n) is 3.08. The van der Waals surface area contributed by atoms with Crippen molar-refractivity contribution in [3.8, 4) is 0 Å². The normalized spacial score (nSPS) is 20.8. The van der Waals surface area contributed by atoms with E-state index in [0.29, 0.717) is 12.3 Å². The van der Waals surface area contributed by atoms with Gasteiger partial charge in [0.25, 0.3) is 0 Å². The van der Waals surface area contributed by atoms with Crippen molar-refractivity contribution in [3.63, 3.8) is 0 Å². The van der Waals surface area contributed by atoms with Crippen LogP contribution in [0, 0.1) is 5.92 Å². The van der Waals surface area contributed by atoms with E-state index in [4.69, 9.17) is 0 Å². The van der Waals surface area contributed by atoms with E-state index in [1.54, 1.807) is 11.3 Å². The summed E-state index contributed by atoms with van der Waals surface area (Å²) < 4.78 is 0. The van der Waals surface area contributed by atoms with Gasteiger partial charge in [0.1, 0.15) is 0 Å². The third kappa shape index (κ3) is 4.42. The summed E-state index contributed by atoms with van der Waals surface area (Å²) in [5.74, 6) is 1.19. The third-order valence-electron chi connectivity index (χ3n) is 4.29. The topological polar surface area (TPSA) is 20.3 Å². The molecule has 1 aliphatic heterocycles. The lowest BCUT2D eigenvalue weighted by Crippen LogP contribution is -2.30. The van der Waals surface area contributed by atoms with E-state index in [9.17, 15) is 4.79 Å². The molecule has 3 heteroatoms.